The van der Waals surface area contributed by atoms with Gasteiger partial charge in [0.05, 0.1) is 23.0 Å². The third-order valence-electron chi connectivity index (χ3n) is 4.00. The first-order valence-corrected chi connectivity index (χ1v) is 9.98. The fourth-order valence-electron chi connectivity index (χ4n) is 2.61. The number of para-hydroxylation sites is 1. The Morgan fingerprint density at radius 2 is 2.07 bits per heavy atom. The Bertz CT molecular complexity index is 936. The van der Waals surface area contributed by atoms with E-state index in [2.05, 4.69) is 21.7 Å². The summed E-state index contributed by atoms with van der Waals surface area (Å²) in [4.78, 5) is 16.6. The average molecular weight is 400 g/mol. The van der Waals surface area contributed by atoms with Crippen LogP contribution in [-0.4, -0.2) is 23.1 Å². The minimum Gasteiger partial charge on any atom is -0.495 e. The highest BCUT2D eigenvalue weighted by atomic mass is 32.1. The topological polar surface area (TPSA) is 63.2 Å². The van der Waals surface area contributed by atoms with Crippen molar-refractivity contribution in [3.63, 3.8) is 0 Å². The van der Waals surface area contributed by atoms with Gasteiger partial charge < -0.3 is 15.4 Å². The number of anilines is 1. The van der Waals surface area contributed by atoms with Crippen LogP contribution in [0, 0.1) is 0 Å². The molecule has 7 heteroatoms. The molecule has 5 nitrogen and oxygen atoms in total. The molecule has 1 amide bonds. The summed E-state index contributed by atoms with van der Waals surface area (Å²) in [6, 6.07) is 13.8. The molecule has 3 aromatic rings. The Balaban J connectivity index is 1.81. The van der Waals surface area contributed by atoms with Crippen molar-refractivity contribution in [2.45, 2.75) is 26.2 Å². The van der Waals surface area contributed by atoms with Crippen molar-refractivity contribution in [3.8, 4) is 16.3 Å². The molecule has 0 saturated heterocycles. The number of rotatable bonds is 6. The van der Waals surface area contributed by atoms with Gasteiger partial charge in [-0.3, -0.25) is 4.79 Å². The quantitative estimate of drug-likeness (QED) is 0.573. The second-order valence-electron chi connectivity index (χ2n) is 6.01. The first-order chi connectivity index (χ1) is 13.1. The largest absolute Gasteiger partial charge is 0.495 e. The van der Waals surface area contributed by atoms with Gasteiger partial charge >= 0.3 is 0 Å². The molecule has 140 valence electrons. The van der Waals surface area contributed by atoms with Crippen LogP contribution in [0.3, 0.4) is 0 Å². The second-order valence-corrected chi connectivity index (χ2v) is 7.45. The number of ether oxygens (including phenoxy) is 1. The zero-order valence-electron chi connectivity index (χ0n) is 15.2. The third kappa shape index (κ3) is 4.81. The number of thiazole rings is 1. The van der Waals surface area contributed by atoms with Gasteiger partial charge in [0.1, 0.15) is 10.8 Å². The van der Waals surface area contributed by atoms with Crippen LogP contribution in [0.15, 0.2) is 42.5 Å². The molecule has 27 heavy (non-hydrogen) atoms. The highest BCUT2D eigenvalue weighted by Crippen LogP contribution is 2.34. The van der Waals surface area contributed by atoms with Crippen LogP contribution in [0.5, 0.6) is 5.75 Å². The molecule has 1 heterocycles. The number of unbranched alkanes of at least 4 members (excludes halogenated alkanes) is 1. The number of hydrogen-bond acceptors (Lipinski definition) is 5. The van der Waals surface area contributed by atoms with Crippen LogP contribution < -0.4 is 15.4 Å². The van der Waals surface area contributed by atoms with Gasteiger partial charge in [0.15, 0.2) is 5.11 Å². The number of nitrogens with one attached hydrogen (secondary N) is 2. The number of thiocarbonyl (C=S) groups is 1. The number of methoxy groups -OCH3 is 1. The number of carbonyl (C=O) groups excluding carboxylic acids is 1. The van der Waals surface area contributed by atoms with Crippen LogP contribution in [0.2, 0.25) is 0 Å². The summed E-state index contributed by atoms with van der Waals surface area (Å²) in [7, 11) is 1.60. The molecule has 0 aliphatic heterocycles. The number of amides is 1. The summed E-state index contributed by atoms with van der Waals surface area (Å²) >= 11 is 6.90. The Hall–Kier alpha value is -2.51. The SMILES string of the molecule is CCCCC(=O)NC(=S)Nc1cc(-c2nc3ccccc3s2)ccc1OC. The van der Waals surface area contributed by atoms with Crippen LogP contribution >= 0.6 is 23.6 Å². The predicted molar refractivity (Wildman–Crippen MR) is 115 cm³/mol. The zero-order valence-corrected chi connectivity index (χ0v) is 16.9. The van der Waals surface area contributed by atoms with Crippen LogP contribution in [0.1, 0.15) is 26.2 Å². The Kier molecular flexibility index (Phi) is 6.36. The smallest absolute Gasteiger partial charge is 0.226 e. The maximum Gasteiger partial charge on any atom is 0.226 e. The van der Waals surface area contributed by atoms with E-state index in [0.717, 1.165) is 33.6 Å². The maximum atomic E-state index is 11.9. The van der Waals surface area contributed by atoms with Crippen LogP contribution in [0.25, 0.3) is 20.8 Å². The van der Waals surface area contributed by atoms with E-state index in [1.54, 1.807) is 18.4 Å². The number of benzene rings is 2. The summed E-state index contributed by atoms with van der Waals surface area (Å²) in [6.07, 6.45) is 2.26. The number of aromatic nitrogens is 1. The molecule has 0 saturated carbocycles. The molecule has 0 aliphatic rings. The van der Waals surface area contributed by atoms with Gasteiger partial charge in [-0.1, -0.05) is 25.5 Å². The number of carbonyl (C=O) groups is 1. The third-order valence-corrected chi connectivity index (χ3v) is 5.29. The van der Waals surface area contributed by atoms with Gasteiger partial charge in [-0.15, -0.1) is 11.3 Å². The molecule has 0 radical (unpaired) electrons. The van der Waals surface area contributed by atoms with Crippen molar-refractivity contribution in [1.29, 1.82) is 0 Å². The molecule has 0 spiro atoms. The summed E-state index contributed by atoms with van der Waals surface area (Å²) in [5.74, 6) is 0.556. The van der Waals surface area contributed by atoms with E-state index in [1.165, 1.54) is 0 Å². The number of fused-ring (bicyclic) bond motifs is 1. The van der Waals surface area contributed by atoms with E-state index in [1.807, 2.05) is 43.3 Å². The van der Waals surface area contributed by atoms with Crippen molar-refractivity contribution in [2.75, 3.05) is 12.4 Å². The summed E-state index contributed by atoms with van der Waals surface area (Å²) in [5.41, 5.74) is 2.62. The van der Waals surface area contributed by atoms with Gasteiger partial charge in [0.25, 0.3) is 0 Å². The number of hydrogen-bond donors (Lipinski definition) is 2. The summed E-state index contributed by atoms with van der Waals surface area (Å²) in [6.45, 7) is 2.04. The standard InChI is InChI=1S/C20H21N3O2S2/c1-3-4-9-18(24)23-20(26)22-15-12-13(10-11-16(15)25-2)19-21-14-7-5-6-8-17(14)27-19/h5-8,10-12H,3-4,9H2,1-2H3,(H2,22,23,24,26). The lowest BCUT2D eigenvalue weighted by molar-refractivity contribution is -0.119. The molecule has 0 atom stereocenters. The van der Waals surface area contributed by atoms with E-state index in [0.29, 0.717) is 17.9 Å². The molecule has 0 fully saturated rings. The molecule has 2 aromatic carbocycles. The van der Waals surface area contributed by atoms with Crippen LogP contribution in [-0.2, 0) is 4.79 Å². The fourth-order valence-corrected chi connectivity index (χ4v) is 3.80. The molecular formula is C20H21N3O2S2. The lowest BCUT2D eigenvalue weighted by atomic mass is 10.2. The molecule has 0 aliphatic carbocycles. The molecule has 0 bridgehead atoms. The summed E-state index contributed by atoms with van der Waals surface area (Å²) < 4.78 is 6.55. The van der Waals surface area contributed by atoms with Crippen molar-refractivity contribution in [2.24, 2.45) is 0 Å². The monoisotopic (exact) mass is 399 g/mol. The first-order valence-electron chi connectivity index (χ1n) is 8.75. The molecule has 1 aromatic heterocycles. The second kappa shape index (κ2) is 8.92. The highest BCUT2D eigenvalue weighted by Gasteiger charge is 2.12. The molecule has 2 N–H and O–H groups in total. The lowest BCUT2D eigenvalue weighted by Crippen LogP contribution is -2.34. The fraction of sp³-hybridized carbons (Fsp3) is 0.250. The molecule has 0 unspecified atom stereocenters. The Morgan fingerprint density at radius 3 is 2.81 bits per heavy atom. The number of nitrogens with zero attached hydrogens (tertiary/aromatic N) is 1. The molecule has 3 rings (SSSR count). The van der Waals surface area contributed by atoms with Crippen molar-refractivity contribution in [1.82, 2.24) is 10.3 Å². The Morgan fingerprint density at radius 1 is 1.26 bits per heavy atom. The zero-order chi connectivity index (χ0) is 19.2. The van der Waals surface area contributed by atoms with E-state index in [4.69, 9.17) is 17.0 Å². The normalized spacial score (nSPS) is 10.6. The minimum absolute atomic E-state index is 0.0874. The van der Waals surface area contributed by atoms with Gasteiger partial charge in [-0.25, -0.2) is 4.98 Å². The van der Waals surface area contributed by atoms with Crippen LogP contribution in [0.4, 0.5) is 5.69 Å². The maximum absolute atomic E-state index is 11.9. The van der Waals surface area contributed by atoms with Gasteiger partial charge in [0.2, 0.25) is 5.91 Å². The lowest BCUT2D eigenvalue weighted by Gasteiger charge is -2.13. The predicted octanol–water partition coefficient (Wildman–Crippen LogP) is 4.98. The van der Waals surface area contributed by atoms with Crippen molar-refractivity contribution < 1.29 is 9.53 Å². The van der Waals surface area contributed by atoms with E-state index in [-0.39, 0.29) is 11.0 Å². The van der Waals surface area contributed by atoms with E-state index >= 15 is 0 Å². The Labute approximate surface area is 167 Å². The van der Waals surface area contributed by atoms with Crippen molar-refractivity contribution in [3.05, 3.63) is 42.5 Å². The summed E-state index contributed by atoms with van der Waals surface area (Å²) in [5, 5.41) is 6.95. The highest BCUT2D eigenvalue weighted by molar-refractivity contribution is 7.80. The van der Waals surface area contributed by atoms with Gasteiger partial charge in [-0.05, 0) is 49.0 Å². The first kappa shape index (κ1) is 19.3. The van der Waals surface area contributed by atoms with E-state index in [9.17, 15) is 4.79 Å². The van der Waals surface area contributed by atoms with Gasteiger partial charge in [-0.2, -0.15) is 0 Å². The van der Waals surface area contributed by atoms with Gasteiger partial charge in [0, 0.05) is 12.0 Å². The van der Waals surface area contributed by atoms with Crippen molar-refractivity contribution >= 4 is 50.5 Å². The average Bonchev–Trinajstić information content (AvgIpc) is 3.10. The van der Waals surface area contributed by atoms with E-state index < -0.39 is 0 Å². The molecular weight excluding hydrogens is 378 g/mol. The minimum atomic E-state index is -0.0874.